The number of para-hydroxylation sites is 1. The molecule has 4 rings (SSSR count). The van der Waals surface area contributed by atoms with E-state index in [1.54, 1.807) is 23.2 Å². The molecule has 146 valence electrons. The average Bonchev–Trinajstić information content (AvgIpc) is 2.74. The predicted molar refractivity (Wildman–Crippen MR) is 112 cm³/mol. The van der Waals surface area contributed by atoms with E-state index in [9.17, 15) is 9.59 Å². The lowest BCUT2D eigenvalue weighted by atomic mass is 10.0. The maximum Gasteiger partial charge on any atom is 0.278 e. The van der Waals surface area contributed by atoms with Crippen LogP contribution in [0.2, 0.25) is 0 Å². The Morgan fingerprint density at radius 3 is 2.45 bits per heavy atom. The molecule has 0 radical (unpaired) electrons. The van der Waals surface area contributed by atoms with Gasteiger partial charge in [-0.25, -0.2) is 9.97 Å². The van der Waals surface area contributed by atoms with Crippen LogP contribution in [0.25, 0.3) is 0 Å². The van der Waals surface area contributed by atoms with E-state index in [0.29, 0.717) is 18.1 Å². The van der Waals surface area contributed by atoms with Crippen molar-refractivity contribution in [3.8, 4) is 0 Å². The van der Waals surface area contributed by atoms with Gasteiger partial charge in [0.25, 0.3) is 5.91 Å². The van der Waals surface area contributed by atoms with Crippen molar-refractivity contribution < 1.29 is 9.59 Å². The zero-order valence-corrected chi connectivity index (χ0v) is 16.1. The van der Waals surface area contributed by atoms with Gasteiger partial charge in [-0.1, -0.05) is 18.2 Å². The molecule has 2 amide bonds. The van der Waals surface area contributed by atoms with Gasteiger partial charge in [0.15, 0.2) is 0 Å². The Morgan fingerprint density at radius 1 is 0.966 bits per heavy atom. The van der Waals surface area contributed by atoms with Crippen molar-refractivity contribution in [3.05, 3.63) is 72.2 Å². The molecule has 29 heavy (non-hydrogen) atoms. The smallest absolute Gasteiger partial charge is 0.278 e. The van der Waals surface area contributed by atoms with Gasteiger partial charge in [0, 0.05) is 30.5 Å². The van der Waals surface area contributed by atoms with E-state index >= 15 is 0 Å². The third kappa shape index (κ3) is 4.24. The minimum atomic E-state index is -0.143. The van der Waals surface area contributed by atoms with Crippen LogP contribution in [0.5, 0.6) is 0 Å². The zero-order valence-electron chi connectivity index (χ0n) is 16.1. The number of rotatable bonds is 4. The Hall–Kier alpha value is -3.74. The fraction of sp³-hybridized carbons (Fsp3) is 0.182. The molecule has 2 heterocycles. The molecule has 2 N–H and O–H groups in total. The topological polar surface area (TPSA) is 87.2 Å². The van der Waals surface area contributed by atoms with Gasteiger partial charge in [-0.2, -0.15) is 0 Å². The molecular weight excluding hydrogens is 366 g/mol. The van der Waals surface area contributed by atoms with Crippen molar-refractivity contribution in [3.63, 3.8) is 0 Å². The molecule has 0 unspecified atom stereocenters. The largest absolute Gasteiger partial charge is 0.339 e. The molecule has 3 aromatic rings. The second-order valence-corrected chi connectivity index (χ2v) is 6.86. The Labute approximate surface area is 168 Å². The van der Waals surface area contributed by atoms with Gasteiger partial charge in [-0.05, 0) is 48.7 Å². The molecule has 1 aromatic heterocycles. The van der Waals surface area contributed by atoms with Crippen LogP contribution < -0.4 is 15.5 Å². The molecular formula is C22H21N5O2. The number of anilines is 4. The Kier molecular flexibility index (Phi) is 5.20. The molecule has 7 heteroatoms. The van der Waals surface area contributed by atoms with E-state index in [-0.39, 0.29) is 11.8 Å². The highest BCUT2D eigenvalue weighted by atomic mass is 16.2. The van der Waals surface area contributed by atoms with Gasteiger partial charge in [0.05, 0.1) is 12.4 Å². The van der Waals surface area contributed by atoms with Crippen LogP contribution in [0.3, 0.4) is 0 Å². The second kappa shape index (κ2) is 8.10. The number of aromatic nitrogens is 2. The predicted octanol–water partition coefficient (Wildman–Crippen LogP) is 3.77. The number of fused-ring (bicyclic) bond motifs is 1. The SMILES string of the molecule is CC(=O)Nc1ccc(Nc2cnc(C(=O)N3CCCc4ccccc43)cn2)cc1. The maximum absolute atomic E-state index is 12.9. The van der Waals surface area contributed by atoms with Crippen LogP contribution in [0.1, 0.15) is 29.4 Å². The number of aryl methyl sites for hydroxylation is 1. The molecule has 0 saturated heterocycles. The van der Waals surface area contributed by atoms with E-state index in [2.05, 4.69) is 26.7 Å². The summed E-state index contributed by atoms with van der Waals surface area (Å²) in [6.45, 7) is 2.14. The number of benzene rings is 2. The van der Waals surface area contributed by atoms with Crippen LogP contribution in [0.15, 0.2) is 60.9 Å². The van der Waals surface area contributed by atoms with E-state index in [4.69, 9.17) is 0 Å². The molecule has 0 fully saturated rings. The molecule has 2 aromatic carbocycles. The molecule has 0 spiro atoms. The normalized spacial score (nSPS) is 12.8. The summed E-state index contributed by atoms with van der Waals surface area (Å²) in [6.07, 6.45) is 4.96. The lowest BCUT2D eigenvalue weighted by Crippen LogP contribution is -2.36. The maximum atomic E-state index is 12.9. The first-order valence-electron chi connectivity index (χ1n) is 9.46. The third-order valence-corrected chi connectivity index (χ3v) is 4.70. The Bertz CT molecular complexity index is 1030. The molecule has 0 atom stereocenters. The summed E-state index contributed by atoms with van der Waals surface area (Å²) in [5, 5.41) is 5.85. The summed E-state index contributed by atoms with van der Waals surface area (Å²) in [7, 11) is 0. The summed E-state index contributed by atoms with van der Waals surface area (Å²) in [4.78, 5) is 34.4. The van der Waals surface area contributed by atoms with Crippen LogP contribution in [0.4, 0.5) is 22.9 Å². The van der Waals surface area contributed by atoms with Crippen molar-refractivity contribution in [1.82, 2.24) is 9.97 Å². The molecule has 0 aliphatic carbocycles. The molecule has 1 aliphatic rings. The summed E-state index contributed by atoms with van der Waals surface area (Å²) in [5.41, 5.74) is 3.97. The fourth-order valence-electron chi connectivity index (χ4n) is 3.37. The van der Waals surface area contributed by atoms with Gasteiger partial charge in [-0.3, -0.25) is 9.59 Å². The number of carbonyl (C=O) groups excluding carboxylic acids is 2. The third-order valence-electron chi connectivity index (χ3n) is 4.70. The van der Waals surface area contributed by atoms with Gasteiger partial charge >= 0.3 is 0 Å². The van der Waals surface area contributed by atoms with Crippen LogP contribution in [0, 0.1) is 0 Å². The van der Waals surface area contributed by atoms with E-state index in [1.165, 1.54) is 18.7 Å². The summed E-state index contributed by atoms with van der Waals surface area (Å²) < 4.78 is 0. The molecule has 0 saturated carbocycles. The van der Waals surface area contributed by atoms with Gasteiger partial charge in [0.2, 0.25) is 5.91 Å². The van der Waals surface area contributed by atoms with Crippen molar-refractivity contribution in [2.45, 2.75) is 19.8 Å². The highest BCUT2D eigenvalue weighted by Gasteiger charge is 2.24. The van der Waals surface area contributed by atoms with Crippen LogP contribution in [-0.2, 0) is 11.2 Å². The first-order chi connectivity index (χ1) is 14.1. The van der Waals surface area contributed by atoms with Crippen LogP contribution >= 0.6 is 0 Å². The number of carbonyl (C=O) groups is 2. The van der Waals surface area contributed by atoms with Gasteiger partial charge in [-0.15, -0.1) is 0 Å². The van der Waals surface area contributed by atoms with E-state index < -0.39 is 0 Å². The van der Waals surface area contributed by atoms with E-state index in [0.717, 1.165) is 29.9 Å². The van der Waals surface area contributed by atoms with Crippen molar-refractivity contribution in [2.75, 3.05) is 22.1 Å². The lowest BCUT2D eigenvalue weighted by Gasteiger charge is -2.29. The number of nitrogens with zero attached hydrogens (tertiary/aromatic N) is 3. The molecule has 7 nitrogen and oxygen atoms in total. The molecule has 0 bridgehead atoms. The first kappa shape index (κ1) is 18.6. The number of amides is 2. The number of hydrogen-bond donors (Lipinski definition) is 2. The summed E-state index contributed by atoms with van der Waals surface area (Å²) in [6, 6.07) is 15.2. The Balaban J connectivity index is 1.46. The van der Waals surface area contributed by atoms with E-state index in [1.807, 2.05) is 30.3 Å². The minimum Gasteiger partial charge on any atom is -0.339 e. The van der Waals surface area contributed by atoms with Crippen molar-refractivity contribution in [2.24, 2.45) is 0 Å². The van der Waals surface area contributed by atoms with Crippen molar-refractivity contribution in [1.29, 1.82) is 0 Å². The quantitative estimate of drug-likeness (QED) is 0.712. The summed E-state index contributed by atoms with van der Waals surface area (Å²) in [5.74, 6) is 0.275. The van der Waals surface area contributed by atoms with Gasteiger partial charge < -0.3 is 15.5 Å². The highest BCUT2D eigenvalue weighted by molar-refractivity contribution is 6.05. The van der Waals surface area contributed by atoms with Crippen molar-refractivity contribution >= 4 is 34.7 Å². The van der Waals surface area contributed by atoms with Gasteiger partial charge in [0.1, 0.15) is 11.5 Å². The summed E-state index contributed by atoms with van der Waals surface area (Å²) >= 11 is 0. The second-order valence-electron chi connectivity index (χ2n) is 6.86. The standard InChI is InChI=1S/C22H21N5O2/c1-15(28)25-17-8-10-18(11-9-17)26-21-14-23-19(13-24-21)22(29)27-12-4-6-16-5-2-3-7-20(16)27/h2-3,5,7-11,13-14H,4,6,12H2,1H3,(H,24,26)(H,25,28). The number of hydrogen-bond acceptors (Lipinski definition) is 5. The lowest BCUT2D eigenvalue weighted by molar-refractivity contribution is -0.114. The molecule has 1 aliphatic heterocycles. The monoisotopic (exact) mass is 387 g/mol. The highest BCUT2D eigenvalue weighted by Crippen LogP contribution is 2.27. The zero-order chi connectivity index (χ0) is 20.2. The Morgan fingerprint density at radius 2 is 1.72 bits per heavy atom. The first-order valence-corrected chi connectivity index (χ1v) is 9.46. The van der Waals surface area contributed by atoms with Crippen LogP contribution in [-0.4, -0.2) is 28.3 Å². The fourth-order valence-corrected chi connectivity index (χ4v) is 3.37. The number of nitrogens with one attached hydrogen (secondary N) is 2. The minimum absolute atomic E-state index is 0.117. The average molecular weight is 387 g/mol.